The molecule has 254 valence electrons. The zero-order valence-electron chi connectivity index (χ0n) is 29.8. The van der Waals surface area contributed by atoms with Crippen molar-refractivity contribution in [1.82, 2.24) is 0 Å². The fraction of sp³-hybridized carbons (Fsp3) is 0.667. The first-order chi connectivity index (χ1) is 21.5. The summed E-state index contributed by atoms with van der Waals surface area (Å²) in [4.78, 5) is 13.4. The molecule has 0 saturated heterocycles. The molecular formula is C39H58O6Si. The second kappa shape index (κ2) is 12.8. The summed E-state index contributed by atoms with van der Waals surface area (Å²) in [5.41, 5.74) is -1.21. The Labute approximate surface area is 278 Å². The van der Waals surface area contributed by atoms with Crippen LogP contribution in [0.2, 0.25) is 5.04 Å². The van der Waals surface area contributed by atoms with E-state index in [0.29, 0.717) is 6.61 Å². The summed E-state index contributed by atoms with van der Waals surface area (Å²) in [7, 11) is -1.20. The first kappa shape index (κ1) is 35.3. The Morgan fingerprint density at radius 2 is 1.50 bits per heavy atom. The number of carbonyl (C=O) groups excluding carboxylic acids is 1. The van der Waals surface area contributed by atoms with Gasteiger partial charge in [0, 0.05) is 19.6 Å². The minimum absolute atomic E-state index is 0.0329. The second-order valence-electron chi connectivity index (χ2n) is 17.0. The van der Waals surface area contributed by atoms with Crippen LogP contribution in [-0.2, 0) is 23.4 Å². The quantitative estimate of drug-likeness (QED) is 0.188. The number of aliphatic hydroxyl groups is 1. The number of benzene rings is 2. The molecule has 3 aliphatic carbocycles. The van der Waals surface area contributed by atoms with E-state index < -0.39 is 19.8 Å². The predicted molar refractivity (Wildman–Crippen MR) is 185 cm³/mol. The maximum absolute atomic E-state index is 13.4. The molecule has 5 rings (SSSR count). The zero-order chi connectivity index (χ0) is 33.7. The maximum Gasteiger partial charge on any atom is 0.311 e. The predicted octanol–water partition coefficient (Wildman–Crippen LogP) is 6.58. The fourth-order valence-corrected chi connectivity index (χ4v) is 14.4. The minimum atomic E-state index is -2.85. The summed E-state index contributed by atoms with van der Waals surface area (Å²) < 4.78 is 25.8. The van der Waals surface area contributed by atoms with E-state index in [4.69, 9.17) is 18.6 Å². The molecule has 3 aliphatic rings. The fourth-order valence-electron chi connectivity index (χ4n) is 9.85. The lowest BCUT2D eigenvalue weighted by atomic mass is 9.52. The van der Waals surface area contributed by atoms with Gasteiger partial charge in [0.05, 0.1) is 17.6 Å². The van der Waals surface area contributed by atoms with Crippen molar-refractivity contribution in [3.05, 3.63) is 60.7 Å². The van der Waals surface area contributed by atoms with E-state index in [9.17, 15) is 9.90 Å². The van der Waals surface area contributed by atoms with Gasteiger partial charge in [-0.1, -0.05) is 102 Å². The lowest BCUT2D eigenvalue weighted by Crippen LogP contribution is -2.67. The highest BCUT2D eigenvalue weighted by molar-refractivity contribution is 6.99. The van der Waals surface area contributed by atoms with Crippen LogP contribution in [0.5, 0.6) is 0 Å². The van der Waals surface area contributed by atoms with Gasteiger partial charge in [-0.2, -0.15) is 0 Å². The molecule has 0 amide bonds. The number of hydrogen-bond acceptors (Lipinski definition) is 6. The molecule has 0 radical (unpaired) electrons. The van der Waals surface area contributed by atoms with E-state index in [1.807, 2.05) is 20.8 Å². The van der Waals surface area contributed by atoms with Crippen molar-refractivity contribution in [2.45, 2.75) is 105 Å². The Kier molecular flexibility index (Phi) is 9.80. The summed E-state index contributed by atoms with van der Waals surface area (Å²) in [6.07, 6.45) is 1.62. The van der Waals surface area contributed by atoms with Crippen LogP contribution in [0.4, 0.5) is 0 Å². The lowest BCUT2D eigenvalue weighted by Gasteiger charge is -2.55. The van der Waals surface area contributed by atoms with Crippen LogP contribution in [0.3, 0.4) is 0 Å². The molecule has 3 saturated carbocycles. The normalized spacial score (nSPS) is 32.5. The van der Waals surface area contributed by atoms with Gasteiger partial charge in [0.25, 0.3) is 8.32 Å². The molecule has 1 N–H and O–H groups in total. The average Bonchev–Trinajstić information content (AvgIpc) is 3.44. The van der Waals surface area contributed by atoms with Crippen LogP contribution in [-0.4, -0.2) is 58.2 Å². The summed E-state index contributed by atoms with van der Waals surface area (Å²) in [6.45, 7) is 20.1. The number of carbonyl (C=O) groups is 1. The summed E-state index contributed by atoms with van der Waals surface area (Å²) in [5, 5.41) is 14.5. The van der Waals surface area contributed by atoms with E-state index in [2.05, 4.69) is 102 Å². The molecule has 3 fully saturated rings. The van der Waals surface area contributed by atoms with Gasteiger partial charge in [-0.05, 0) is 84.0 Å². The summed E-state index contributed by atoms with van der Waals surface area (Å²) in [6, 6.07) is 21.6. The van der Waals surface area contributed by atoms with E-state index >= 15 is 0 Å². The Morgan fingerprint density at radius 3 is 2.00 bits per heavy atom. The first-order valence-electron chi connectivity index (χ1n) is 17.3. The SMILES string of the molecule is COCO[C@@H]1CC[C@@]23[C@@H]1[C@@H](O)C(C)(C)[C@@H]2C[C@H](OC(=O)C(C)(C)C)[C@@H](C)[C@@H]3CO[Si](c1ccccc1)(c1ccccc1)C(C)(C)C. The lowest BCUT2D eigenvalue weighted by molar-refractivity contribution is -0.179. The molecule has 0 bridgehead atoms. The molecule has 0 aliphatic heterocycles. The van der Waals surface area contributed by atoms with Crippen LogP contribution in [0.25, 0.3) is 0 Å². The monoisotopic (exact) mass is 650 g/mol. The van der Waals surface area contributed by atoms with Gasteiger partial charge in [-0.3, -0.25) is 4.79 Å². The Hall–Kier alpha value is -2.03. The third-order valence-corrected chi connectivity index (χ3v) is 17.1. The number of rotatable bonds is 9. The third kappa shape index (κ3) is 5.72. The largest absolute Gasteiger partial charge is 0.462 e. The smallest absolute Gasteiger partial charge is 0.311 e. The number of methoxy groups -OCH3 is 1. The van der Waals surface area contributed by atoms with Crippen LogP contribution < -0.4 is 10.4 Å². The molecule has 2 aromatic carbocycles. The standard InChI is InChI=1S/C39H58O6Si/c1-26-29(24-44-46(37(5,6)7,27-17-13-11-14-18-27)28-19-15-12-16-20-28)39-22-21-30(43-25-42-10)33(39)34(40)38(8,9)32(39)23-31(26)45-35(41)36(2,3)4/h11-20,26,29-34,40H,21-25H2,1-10H3/t26-,29-,30+,31-,32-,33-,34+,39-/m0/s1. The topological polar surface area (TPSA) is 74.2 Å². The van der Waals surface area contributed by atoms with Gasteiger partial charge >= 0.3 is 5.97 Å². The van der Waals surface area contributed by atoms with Crippen molar-refractivity contribution >= 4 is 24.7 Å². The Bertz CT molecular complexity index is 1290. The maximum atomic E-state index is 13.4. The number of esters is 1. The van der Waals surface area contributed by atoms with Crippen molar-refractivity contribution in [3.63, 3.8) is 0 Å². The molecule has 6 nitrogen and oxygen atoms in total. The molecule has 8 atom stereocenters. The molecule has 0 heterocycles. The highest BCUT2D eigenvalue weighted by atomic mass is 28.4. The summed E-state index contributed by atoms with van der Waals surface area (Å²) in [5.74, 6) is -0.0173. The average molecular weight is 651 g/mol. The van der Waals surface area contributed by atoms with E-state index in [1.165, 1.54) is 10.4 Å². The van der Waals surface area contributed by atoms with Crippen molar-refractivity contribution in [2.75, 3.05) is 20.5 Å². The van der Waals surface area contributed by atoms with Gasteiger partial charge in [0.15, 0.2) is 0 Å². The Morgan fingerprint density at radius 1 is 0.935 bits per heavy atom. The molecule has 46 heavy (non-hydrogen) atoms. The van der Waals surface area contributed by atoms with E-state index in [1.54, 1.807) is 7.11 Å². The van der Waals surface area contributed by atoms with Crippen molar-refractivity contribution in [3.8, 4) is 0 Å². The zero-order valence-corrected chi connectivity index (χ0v) is 30.8. The van der Waals surface area contributed by atoms with Gasteiger partial charge in [0.1, 0.15) is 12.9 Å². The molecule has 1 spiro atoms. The van der Waals surface area contributed by atoms with Gasteiger partial charge in [0.2, 0.25) is 0 Å². The number of aliphatic hydroxyl groups excluding tert-OH is 1. The van der Waals surface area contributed by atoms with Gasteiger partial charge in [-0.25, -0.2) is 0 Å². The summed E-state index contributed by atoms with van der Waals surface area (Å²) >= 11 is 0. The van der Waals surface area contributed by atoms with Crippen LogP contribution in [0.15, 0.2) is 60.7 Å². The number of hydrogen-bond donors (Lipinski definition) is 1. The van der Waals surface area contributed by atoms with E-state index in [-0.39, 0.29) is 64.5 Å². The van der Waals surface area contributed by atoms with E-state index in [0.717, 1.165) is 19.3 Å². The van der Waals surface area contributed by atoms with Crippen LogP contribution >= 0.6 is 0 Å². The van der Waals surface area contributed by atoms with Gasteiger partial charge in [-0.15, -0.1) is 0 Å². The molecule has 7 heteroatoms. The van der Waals surface area contributed by atoms with Gasteiger partial charge < -0.3 is 23.7 Å². The highest BCUT2D eigenvalue weighted by Gasteiger charge is 2.73. The number of ether oxygens (including phenoxy) is 3. The molecule has 0 aromatic heterocycles. The Balaban J connectivity index is 1.64. The molecule has 2 aromatic rings. The molecule has 0 unspecified atom stereocenters. The first-order valence-corrected chi connectivity index (χ1v) is 19.2. The highest BCUT2D eigenvalue weighted by Crippen LogP contribution is 2.72. The van der Waals surface area contributed by atoms with Crippen LogP contribution in [0, 0.1) is 39.9 Å². The third-order valence-electron chi connectivity index (χ3n) is 12.1. The van der Waals surface area contributed by atoms with Crippen molar-refractivity contribution in [2.24, 2.45) is 39.9 Å². The second-order valence-corrected chi connectivity index (χ2v) is 21.3. The van der Waals surface area contributed by atoms with Crippen molar-refractivity contribution < 1.29 is 28.5 Å². The van der Waals surface area contributed by atoms with Crippen LogP contribution in [0.1, 0.15) is 81.6 Å². The molecular weight excluding hydrogens is 593 g/mol. The minimum Gasteiger partial charge on any atom is -0.462 e. The van der Waals surface area contributed by atoms with Crippen molar-refractivity contribution in [1.29, 1.82) is 0 Å².